The summed E-state index contributed by atoms with van der Waals surface area (Å²) in [5.41, 5.74) is 1.55. The molecule has 1 atom stereocenters. The first-order valence-corrected chi connectivity index (χ1v) is 5.08. The van der Waals surface area contributed by atoms with Crippen LogP contribution in [0.4, 0.5) is 0 Å². The zero-order chi connectivity index (χ0) is 7.68. The molecule has 0 aliphatic carbocycles. The van der Waals surface area contributed by atoms with E-state index in [1.807, 2.05) is 11.8 Å². The molecule has 0 nitrogen and oxygen atoms in total. The van der Waals surface area contributed by atoms with E-state index in [-0.39, 0.29) is 0 Å². The van der Waals surface area contributed by atoms with E-state index in [4.69, 9.17) is 0 Å². The van der Waals surface area contributed by atoms with Gasteiger partial charge in [-0.1, -0.05) is 25.1 Å². The van der Waals surface area contributed by atoms with Crippen LogP contribution in [0.1, 0.15) is 24.8 Å². The maximum Gasteiger partial charge on any atom is 0.0107 e. The molecular formula is C10H12S. The van der Waals surface area contributed by atoms with Gasteiger partial charge in [0.25, 0.3) is 0 Å². The maximum atomic E-state index is 2.32. The maximum absolute atomic E-state index is 2.32. The second-order valence-corrected chi connectivity index (χ2v) is 4.21. The molecule has 1 heterocycles. The Morgan fingerprint density at radius 1 is 1.36 bits per heavy atom. The van der Waals surface area contributed by atoms with E-state index in [9.17, 15) is 0 Å². The first-order valence-electron chi connectivity index (χ1n) is 4.09. The van der Waals surface area contributed by atoms with Crippen molar-refractivity contribution in [1.29, 1.82) is 0 Å². The number of hydrogen-bond acceptors (Lipinski definition) is 1. The van der Waals surface area contributed by atoms with E-state index in [1.165, 1.54) is 17.1 Å². The molecule has 0 unspecified atom stereocenters. The Kier molecular flexibility index (Phi) is 1.91. The SMILES string of the molecule is C[C@H]1CCSc2ccccc21. The molecular weight excluding hydrogens is 152 g/mol. The Morgan fingerprint density at radius 3 is 3.00 bits per heavy atom. The van der Waals surface area contributed by atoms with Gasteiger partial charge >= 0.3 is 0 Å². The molecule has 58 valence electrons. The van der Waals surface area contributed by atoms with Crippen molar-refractivity contribution in [2.45, 2.75) is 24.2 Å². The molecule has 2 rings (SSSR count). The Hall–Kier alpha value is -0.430. The van der Waals surface area contributed by atoms with Gasteiger partial charge in [0.05, 0.1) is 0 Å². The fraction of sp³-hybridized carbons (Fsp3) is 0.400. The Labute approximate surface area is 72.0 Å². The van der Waals surface area contributed by atoms with Crippen LogP contribution in [0.3, 0.4) is 0 Å². The molecule has 1 aliphatic rings. The number of hydrogen-bond donors (Lipinski definition) is 0. The largest absolute Gasteiger partial charge is 0.126 e. The van der Waals surface area contributed by atoms with Crippen LogP contribution < -0.4 is 0 Å². The lowest BCUT2D eigenvalue weighted by atomic mass is 9.98. The normalized spacial score (nSPS) is 22.8. The summed E-state index contributed by atoms with van der Waals surface area (Å²) in [5.74, 6) is 2.06. The first kappa shape index (κ1) is 7.23. The fourth-order valence-electron chi connectivity index (χ4n) is 1.52. The molecule has 0 radical (unpaired) electrons. The molecule has 0 saturated heterocycles. The van der Waals surface area contributed by atoms with Crippen LogP contribution in [0.2, 0.25) is 0 Å². The molecule has 0 saturated carbocycles. The molecule has 0 bridgehead atoms. The van der Waals surface area contributed by atoms with Crippen molar-refractivity contribution < 1.29 is 0 Å². The van der Waals surface area contributed by atoms with Crippen molar-refractivity contribution in [2.24, 2.45) is 0 Å². The van der Waals surface area contributed by atoms with Crippen LogP contribution in [-0.4, -0.2) is 5.75 Å². The van der Waals surface area contributed by atoms with Gasteiger partial charge in [-0.25, -0.2) is 0 Å². The third-order valence-electron chi connectivity index (χ3n) is 2.26. The summed E-state index contributed by atoms with van der Waals surface area (Å²) in [7, 11) is 0. The Morgan fingerprint density at radius 2 is 2.18 bits per heavy atom. The molecule has 0 amide bonds. The van der Waals surface area contributed by atoms with E-state index in [1.54, 1.807) is 5.56 Å². The summed E-state index contributed by atoms with van der Waals surface area (Å²) in [6.07, 6.45) is 1.34. The highest BCUT2D eigenvalue weighted by Crippen LogP contribution is 2.36. The number of benzene rings is 1. The average Bonchev–Trinajstić information content (AvgIpc) is 2.06. The average molecular weight is 164 g/mol. The molecule has 0 spiro atoms. The van der Waals surface area contributed by atoms with E-state index in [2.05, 4.69) is 31.2 Å². The highest BCUT2D eigenvalue weighted by molar-refractivity contribution is 7.99. The summed E-state index contributed by atoms with van der Waals surface area (Å²) in [6.45, 7) is 2.32. The smallest absolute Gasteiger partial charge is 0.0107 e. The van der Waals surface area contributed by atoms with Gasteiger partial charge in [0.15, 0.2) is 0 Å². The van der Waals surface area contributed by atoms with Crippen LogP contribution in [0.15, 0.2) is 29.2 Å². The minimum Gasteiger partial charge on any atom is -0.126 e. The van der Waals surface area contributed by atoms with Crippen LogP contribution in [-0.2, 0) is 0 Å². The van der Waals surface area contributed by atoms with Crippen LogP contribution >= 0.6 is 11.8 Å². The lowest BCUT2D eigenvalue weighted by molar-refractivity contribution is 0.713. The van der Waals surface area contributed by atoms with E-state index in [0.717, 1.165) is 5.92 Å². The van der Waals surface area contributed by atoms with Gasteiger partial charge in [-0.05, 0) is 29.7 Å². The topological polar surface area (TPSA) is 0 Å². The summed E-state index contributed by atoms with van der Waals surface area (Å²) < 4.78 is 0. The predicted octanol–water partition coefficient (Wildman–Crippen LogP) is 3.29. The van der Waals surface area contributed by atoms with Crippen molar-refractivity contribution in [3.8, 4) is 0 Å². The van der Waals surface area contributed by atoms with Crippen LogP contribution in [0.5, 0.6) is 0 Å². The van der Waals surface area contributed by atoms with Gasteiger partial charge in [0.1, 0.15) is 0 Å². The lowest BCUT2D eigenvalue weighted by Gasteiger charge is -2.20. The van der Waals surface area contributed by atoms with Gasteiger partial charge < -0.3 is 0 Å². The summed E-state index contributed by atoms with van der Waals surface area (Å²) in [4.78, 5) is 1.49. The van der Waals surface area contributed by atoms with Gasteiger partial charge in [-0.15, -0.1) is 11.8 Å². The number of rotatable bonds is 0. The molecule has 1 aromatic carbocycles. The molecule has 0 aromatic heterocycles. The van der Waals surface area contributed by atoms with Crippen LogP contribution in [0, 0.1) is 0 Å². The van der Waals surface area contributed by atoms with Crippen molar-refractivity contribution in [3.05, 3.63) is 29.8 Å². The van der Waals surface area contributed by atoms with Gasteiger partial charge in [-0.3, -0.25) is 0 Å². The van der Waals surface area contributed by atoms with Gasteiger partial charge in [0, 0.05) is 4.90 Å². The molecule has 1 heteroatoms. The molecule has 0 N–H and O–H groups in total. The third-order valence-corrected chi connectivity index (χ3v) is 3.38. The zero-order valence-electron chi connectivity index (χ0n) is 6.71. The second-order valence-electron chi connectivity index (χ2n) is 3.08. The summed E-state index contributed by atoms with van der Waals surface area (Å²) >= 11 is 1.99. The van der Waals surface area contributed by atoms with E-state index in [0.29, 0.717) is 0 Å². The van der Waals surface area contributed by atoms with Crippen molar-refractivity contribution in [3.63, 3.8) is 0 Å². The second kappa shape index (κ2) is 2.90. The number of thioether (sulfide) groups is 1. The van der Waals surface area contributed by atoms with Gasteiger partial charge in [-0.2, -0.15) is 0 Å². The predicted molar refractivity (Wildman–Crippen MR) is 50.2 cm³/mol. The van der Waals surface area contributed by atoms with Gasteiger partial charge in [0.2, 0.25) is 0 Å². The quantitative estimate of drug-likeness (QED) is 0.567. The minimum absolute atomic E-state index is 0.771. The minimum atomic E-state index is 0.771. The standard InChI is InChI=1S/C10H12S/c1-8-6-7-11-10-5-3-2-4-9(8)10/h2-5,8H,6-7H2,1H3/t8-/m0/s1. The molecule has 0 fully saturated rings. The van der Waals surface area contributed by atoms with E-state index >= 15 is 0 Å². The fourth-order valence-corrected chi connectivity index (χ4v) is 2.82. The van der Waals surface area contributed by atoms with E-state index < -0.39 is 0 Å². The highest BCUT2D eigenvalue weighted by Gasteiger charge is 2.14. The third kappa shape index (κ3) is 1.30. The number of fused-ring (bicyclic) bond motifs is 1. The van der Waals surface area contributed by atoms with Crippen molar-refractivity contribution in [2.75, 3.05) is 5.75 Å². The monoisotopic (exact) mass is 164 g/mol. The molecule has 11 heavy (non-hydrogen) atoms. The lowest BCUT2D eigenvalue weighted by Crippen LogP contribution is -2.02. The van der Waals surface area contributed by atoms with Crippen molar-refractivity contribution in [1.82, 2.24) is 0 Å². The summed E-state index contributed by atoms with van der Waals surface area (Å²) in [5, 5.41) is 0. The highest BCUT2D eigenvalue weighted by atomic mass is 32.2. The van der Waals surface area contributed by atoms with Crippen LogP contribution in [0.25, 0.3) is 0 Å². The Balaban J connectivity index is 2.44. The Bertz CT molecular complexity index is 255. The first-order chi connectivity index (χ1) is 5.38. The molecule has 1 aliphatic heterocycles. The zero-order valence-corrected chi connectivity index (χ0v) is 7.53. The molecule has 1 aromatic rings. The summed E-state index contributed by atoms with van der Waals surface area (Å²) in [6, 6.07) is 8.76. The van der Waals surface area contributed by atoms with Crippen molar-refractivity contribution >= 4 is 11.8 Å².